The Kier molecular flexibility index (Phi) is 4.99. The number of nitrogens with one attached hydrogen (secondary N) is 1. The molecule has 0 saturated heterocycles. The zero-order valence-corrected chi connectivity index (χ0v) is 15.9. The molecule has 5 nitrogen and oxygen atoms in total. The summed E-state index contributed by atoms with van der Waals surface area (Å²) in [6.07, 6.45) is 1.67. The number of carbonyl (C=O) groups excluding carboxylic acids is 1. The third-order valence-corrected chi connectivity index (χ3v) is 5.25. The highest BCUT2D eigenvalue weighted by Crippen LogP contribution is 2.25. The van der Waals surface area contributed by atoms with Crippen LogP contribution in [0.5, 0.6) is 0 Å². The molecule has 2 heterocycles. The van der Waals surface area contributed by atoms with Gasteiger partial charge in [0.25, 0.3) is 5.91 Å². The summed E-state index contributed by atoms with van der Waals surface area (Å²) in [7, 11) is 0. The molecular formula is C21H17FN4OS. The molecule has 0 bridgehead atoms. The number of rotatable bonds is 5. The molecule has 1 unspecified atom stereocenters. The van der Waals surface area contributed by atoms with Crippen LogP contribution in [0.2, 0.25) is 0 Å². The van der Waals surface area contributed by atoms with Crippen molar-refractivity contribution >= 4 is 17.2 Å². The molecule has 1 amide bonds. The average molecular weight is 392 g/mol. The Hall–Kier alpha value is -3.32. The van der Waals surface area contributed by atoms with Gasteiger partial charge in [0.15, 0.2) is 5.69 Å². The number of aromatic nitrogens is 3. The van der Waals surface area contributed by atoms with E-state index in [1.165, 1.54) is 28.2 Å². The van der Waals surface area contributed by atoms with Crippen molar-refractivity contribution in [3.8, 4) is 16.9 Å². The van der Waals surface area contributed by atoms with Gasteiger partial charge in [0.05, 0.1) is 17.4 Å². The third kappa shape index (κ3) is 3.84. The SMILES string of the molecule is CC(NC(=O)c1ccn(-c2ccc(F)cc2)n1)c1nc(-c2ccccc2)cs1. The van der Waals surface area contributed by atoms with Gasteiger partial charge in [0, 0.05) is 17.1 Å². The van der Waals surface area contributed by atoms with E-state index in [0.717, 1.165) is 16.3 Å². The minimum Gasteiger partial charge on any atom is -0.342 e. The standard InChI is InChI=1S/C21H17FN4OS/c1-14(21-24-19(13-28-21)15-5-3-2-4-6-15)23-20(27)18-11-12-26(25-18)17-9-7-16(22)8-10-17/h2-14H,1H3,(H,23,27). The van der Waals surface area contributed by atoms with Crippen molar-refractivity contribution in [1.82, 2.24) is 20.1 Å². The van der Waals surface area contributed by atoms with Crippen LogP contribution in [0, 0.1) is 5.82 Å². The van der Waals surface area contributed by atoms with E-state index in [1.807, 2.05) is 42.6 Å². The van der Waals surface area contributed by atoms with Crippen LogP contribution < -0.4 is 5.32 Å². The van der Waals surface area contributed by atoms with Crippen molar-refractivity contribution in [2.45, 2.75) is 13.0 Å². The molecule has 2 aromatic heterocycles. The van der Waals surface area contributed by atoms with Crippen LogP contribution in [-0.4, -0.2) is 20.7 Å². The molecule has 28 heavy (non-hydrogen) atoms. The lowest BCUT2D eigenvalue weighted by Gasteiger charge is -2.09. The number of thiazole rings is 1. The van der Waals surface area contributed by atoms with Crippen molar-refractivity contribution in [2.24, 2.45) is 0 Å². The van der Waals surface area contributed by atoms with Gasteiger partial charge in [-0.15, -0.1) is 11.3 Å². The molecule has 2 aromatic carbocycles. The number of carbonyl (C=O) groups is 1. The normalized spacial score (nSPS) is 11.9. The summed E-state index contributed by atoms with van der Waals surface area (Å²) >= 11 is 1.51. The molecular weight excluding hydrogens is 375 g/mol. The topological polar surface area (TPSA) is 59.8 Å². The van der Waals surface area contributed by atoms with Crippen LogP contribution >= 0.6 is 11.3 Å². The zero-order valence-electron chi connectivity index (χ0n) is 15.0. The van der Waals surface area contributed by atoms with E-state index in [0.29, 0.717) is 5.69 Å². The van der Waals surface area contributed by atoms with Crippen LogP contribution in [0.25, 0.3) is 16.9 Å². The number of halogens is 1. The fourth-order valence-electron chi connectivity index (χ4n) is 2.74. The maximum Gasteiger partial charge on any atom is 0.272 e. The van der Waals surface area contributed by atoms with Crippen molar-refractivity contribution in [2.75, 3.05) is 0 Å². The second-order valence-corrected chi connectivity index (χ2v) is 7.14. The first-order valence-corrected chi connectivity index (χ1v) is 9.61. The summed E-state index contributed by atoms with van der Waals surface area (Å²) in [6, 6.07) is 17.2. The Morgan fingerprint density at radius 1 is 1.11 bits per heavy atom. The second kappa shape index (κ2) is 7.74. The number of hydrogen-bond acceptors (Lipinski definition) is 4. The lowest BCUT2D eigenvalue weighted by atomic mass is 10.2. The molecule has 4 aromatic rings. The Morgan fingerprint density at radius 3 is 2.61 bits per heavy atom. The van der Waals surface area contributed by atoms with Gasteiger partial charge in [0.1, 0.15) is 10.8 Å². The Morgan fingerprint density at radius 2 is 1.86 bits per heavy atom. The Balaban J connectivity index is 1.45. The van der Waals surface area contributed by atoms with Gasteiger partial charge >= 0.3 is 0 Å². The van der Waals surface area contributed by atoms with Crippen LogP contribution in [0.4, 0.5) is 4.39 Å². The summed E-state index contributed by atoms with van der Waals surface area (Å²) in [5, 5.41) is 10.0. The summed E-state index contributed by atoms with van der Waals surface area (Å²) in [4.78, 5) is 17.2. The van der Waals surface area contributed by atoms with Gasteiger partial charge in [-0.1, -0.05) is 30.3 Å². The molecule has 0 aliphatic heterocycles. The number of nitrogens with zero attached hydrogens (tertiary/aromatic N) is 3. The van der Waals surface area contributed by atoms with Crippen LogP contribution in [-0.2, 0) is 0 Å². The van der Waals surface area contributed by atoms with E-state index in [-0.39, 0.29) is 23.5 Å². The van der Waals surface area contributed by atoms with E-state index in [1.54, 1.807) is 24.4 Å². The minimum absolute atomic E-state index is 0.245. The molecule has 1 atom stereocenters. The van der Waals surface area contributed by atoms with E-state index < -0.39 is 0 Å². The monoisotopic (exact) mass is 392 g/mol. The number of benzene rings is 2. The molecule has 7 heteroatoms. The van der Waals surface area contributed by atoms with E-state index in [4.69, 9.17) is 0 Å². The van der Waals surface area contributed by atoms with Crippen molar-refractivity contribution in [3.05, 3.63) is 88.8 Å². The lowest BCUT2D eigenvalue weighted by Crippen LogP contribution is -2.27. The number of amides is 1. The summed E-state index contributed by atoms with van der Waals surface area (Å²) in [6.45, 7) is 1.89. The molecule has 0 aliphatic rings. The molecule has 0 spiro atoms. The lowest BCUT2D eigenvalue weighted by molar-refractivity contribution is 0.0934. The predicted octanol–water partition coefficient (Wildman–Crippen LogP) is 4.63. The molecule has 0 saturated carbocycles. The van der Waals surface area contributed by atoms with Gasteiger partial charge in [0.2, 0.25) is 0 Å². The Labute approximate surface area is 165 Å². The molecule has 0 radical (unpaired) electrons. The van der Waals surface area contributed by atoms with Gasteiger partial charge in [-0.05, 0) is 37.3 Å². The first-order valence-electron chi connectivity index (χ1n) is 8.73. The third-order valence-electron chi connectivity index (χ3n) is 4.22. The van der Waals surface area contributed by atoms with E-state index >= 15 is 0 Å². The fraction of sp³-hybridized carbons (Fsp3) is 0.0952. The molecule has 1 N–H and O–H groups in total. The van der Waals surface area contributed by atoms with Crippen molar-refractivity contribution in [1.29, 1.82) is 0 Å². The minimum atomic E-state index is -0.319. The summed E-state index contributed by atoms with van der Waals surface area (Å²) in [5.41, 5.74) is 2.90. The van der Waals surface area contributed by atoms with Gasteiger partial charge < -0.3 is 5.32 Å². The van der Waals surface area contributed by atoms with Crippen LogP contribution in [0.1, 0.15) is 28.5 Å². The highest BCUT2D eigenvalue weighted by Gasteiger charge is 2.17. The molecule has 0 fully saturated rings. The molecule has 0 aliphatic carbocycles. The zero-order chi connectivity index (χ0) is 19.5. The van der Waals surface area contributed by atoms with Gasteiger partial charge in [-0.3, -0.25) is 4.79 Å². The van der Waals surface area contributed by atoms with Gasteiger partial charge in [-0.2, -0.15) is 5.10 Å². The summed E-state index contributed by atoms with van der Waals surface area (Å²) in [5.74, 6) is -0.606. The maximum atomic E-state index is 13.1. The highest BCUT2D eigenvalue weighted by atomic mass is 32.1. The second-order valence-electron chi connectivity index (χ2n) is 6.25. The first kappa shape index (κ1) is 18.1. The predicted molar refractivity (Wildman–Crippen MR) is 107 cm³/mol. The maximum absolute atomic E-state index is 13.1. The fourth-order valence-corrected chi connectivity index (χ4v) is 3.58. The highest BCUT2D eigenvalue weighted by molar-refractivity contribution is 7.10. The van der Waals surface area contributed by atoms with Crippen LogP contribution in [0.3, 0.4) is 0 Å². The van der Waals surface area contributed by atoms with Crippen LogP contribution in [0.15, 0.2) is 72.2 Å². The smallest absolute Gasteiger partial charge is 0.272 e. The van der Waals surface area contributed by atoms with E-state index in [9.17, 15) is 9.18 Å². The van der Waals surface area contributed by atoms with Crippen molar-refractivity contribution in [3.63, 3.8) is 0 Å². The van der Waals surface area contributed by atoms with E-state index in [2.05, 4.69) is 15.4 Å². The average Bonchev–Trinajstić information content (AvgIpc) is 3.39. The number of hydrogen-bond donors (Lipinski definition) is 1. The quantitative estimate of drug-likeness (QED) is 0.539. The first-order chi connectivity index (χ1) is 13.6. The molecule has 4 rings (SSSR count). The largest absolute Gasteiger partial charge is 0.342 e. The van der Waals surface area contributed by atoms with Gasteiger partial charge in [-0.25, -0.2) is 14.1 Å². The molecule has 140 valence electrons. The summed E-state index contributed by atoms with van der Waals surface area (Å²) < 4.78 is 14.6. The Bertz CT molecular complexity index is 1090. The van der Waals surface area contributed by atoms with Crippen molar-refractivity contribution < 1.29 is 9.18 Å².